The van der Waals surface area contributed by atoms with Gasteiger partial charge in [0, 0.05) is 19.2 Å². The number of nitrogens with zero attached hydrogens (tertiary/aromatic N) is 3. The van der Waals surface area contributed by atoms with Crippen molar-refractivity contribution in [3.63, 3.8) is 0 Å². The number of pyridine rings is 1. The highest BCUT2D eigenvalue weighted by Gasteiger charge is 2.19. The van der Waals surface area contributed by atoms with Gasteiger partial charge in [0.25, 0.3) is 11.6 Å². The van der Waals surface area contributed by atoms with Crippen LogP contribution in [-0.2, 0) is 0 Å². The molecule has 0 bridgehead atoms. The van der Waals surface area contributed by atoms with Crippen molar-refractivity contribution in [2.45, 2.75) is 19.9 Å². The minimum Gasteiger partial charge on any atom is -0.446 e. The molecule has 2 rings (SSSR count). The third-order valence-corrected chi connectivity index (χ3v) is 3.43. The molecule has 0 aliphatic rings. The molecular formula is C15H20N6O4. The Balaban J connectivity index is 1.78. The molecule has 0 saturated heterocycles. The van der Waals surface area contributed by atoms with E-state index in [2.05, 4.69) is 20.6 Å². The van der Waals surface area contributed by atoms with Crippen LogP contribution in [0, 0.1) is 16.0 Å². The fourth-order valence-electron chi connectivity index (χ4n) is 1.89. The summed E-state index contributed by atoms with van der Waals surface area (Å²) in [5.41, 5.74) is 6.00. The summed E-state index contributed by atoms with van der Waals surface area (Å²) in [6.45, 7) is 4.59. The lowest BCUT2D eigenvalue weighted by atomic mass is 10.1. The van der Waals surface area contributed by atoms with Crippen molar-refractivity contribution >= 4 is 17.4 Å². The molecule has 0 saturated carbocycles. The number of nitro groups is 1. The summed E-state index contributed by atoms with van der Waals surface area (Å²) in [5, 5.41) is 16.2. The first-order valence-electron chi connectivity index (χ1n) is 7.72. The molecule has 134 valence electrons. The second-order valence-corrected chi connectivity index (χ2v) is 5.68. The number of amides is 1. The summed E-state index contributed by atoms with van der Waals surface area (Å²) in [4.78, 5) is 30.0. The number of rotatable bonds is 8. The first kappa shape index (κ1) is 18.3. The number of carbonyl (C=O) groups excluding carboxylic acids is 1. The van der Waals surface area contributed by atoms with Crippen LogP contribution < -0.4 is 16.4 Å². The molecule has 25 heavy (non-hydrogen) atoms. The Labute approximate surface area is 144 Å². The predicted octanol–water partition coefficient (Wildman–Crippen LogP) is 1.48. The van der Waals surface area contributed by atoms with Crippen molar-refractivity contribution in [1.29, 1.82) is 0 Å². The van der Waals surface area contributed by atoms with Crippen molar-refractivity contribution < 1.29 is 14.1 Å². The van der Waals surface area contributed by atoms with Crippen LogP contribution in [0.1, 0.15) is 36.3 Å². The topological polar surface area (TPSA) is 149 Å². The first-order chi connectivity index (χ1) is 11.9. The van der Waals surface area contributed by atoms with Crippen LogP contribution >= 0.6 is 0 Å². The number of nitrogens with two attached hydrogens (primary N) is 1. The molecule has 0 aliphatic heterocycles. The van der Waals surface area contributed by atoms with E-state index in [1.54, 1.807) is 0 Å². The fourth-order valence-corrected chi connectivity index (χ4v) is 1.89. The molecule has 0 aliphatic carbocycles. The summed E-state index contributed by atoms with van der Waals surface area (Å²) in [6.07, 6.45) is 2.44. The zero-order valence-corrected chi connectivity index (χ0v) is 13.9. The van der Waals surface area contributed by atoms with Crippen molar-refractivity contribution in [2.75, 3.05) is 18.4 Å². The van der Waals surface area contributed by atoms with Gasteiger partial charge in [0.1, 0.15) is 18.3 Å². The van der Waals surface area contributed by atoms with E-state index in [1.807, 2.05) is 13.8 Å². The van der Waals surface area contributed by atoms with Crippen LogP contribution in [-0.4, -0.2) is 33.9 Å². The first-order valence-corrected chi connectivity index (χ1v) is 7.72. The lowest BCUT2D eigenvalue weighted by Gasteiger charge is -2.10. The van der Waals surface area contributed by atoms with Crippen LogP contribution in [0.3, 0.4) is 0 Å². The molecule has 0 spiro atoms. The molecule has 2 aromatic heterocycles. The van der Waals surface area contributed by atoms with Gasteiger partial charge in [-0.1, -0.05) is 13.8 Å². The third kappa shape index (κ3) is 4.98. The van der Waals surface area contributed by atoms with E-state index in [4.69, 9.17) is 10.2 Å². The molecule has 2 aromatic rings. The normalized spacial score (nSPS) is 12.0. The Morgan fingerprint density at radius 1 is 1.40 bits per heavy atom. The molecule has 1 atom stereocenters. The highest BCUT2D eigenvalue weighted by Crippen LogP contribution is 2.17. The summed E-state index contributed by atoms with van der Waals surface area (Å²) in [5.74, 6) is 0.581. The zero-order chi connectivity index (χ0) is 18.4. The molecule has 2 heterocycles. The molecule has 4 N–H and O–H groups in total. The number of anilines is 1. The molecule has 0 radical (unpaired) electrons. The highest BCUT2D eigenvalue weighted by molar-refractivity contribution is 5.91. The number of aromatic nitrogens is 2. The molecule has 0 aromatic carbocycles. The van der Waals surface area contributed by atoms with Gasteiger partial charge in [0.2, 0.25) is 5.89 Å². The largest absolute Gasteiger partial charge is 0.446 e. The Hall–Kier alpha value is -3.01. The Morgan fingerprint density at radius 3 is 2.76 bits per heavy atom. The number of hydrogen-bond acceptors (Lipinski definition) is 8. The Kier molecular flexibility index (Phi) is 6.01. The van der Waals surface area contributed by atoms with Crippen LogP contribution in [0.4, 0.5) is 11.5 Å². The molecule has 1 unspecified atom stereocenters. The monoisotopic (exact) mass is 348 g/mol. The van der Waals surface area contributed by atoms with Gasteiger partial charge in [-0.05, 0) is 12.0 Å². The van der Waals surface area contributed by atoms with Gasteiger partial charge >= 0.3 is 0 Å². The lowest BCUT2D eigenvalue weighted by molar-refractivity contribution is -0.385. The maximum Gasteiger partial charge on any atom is 0.287 e. The number of oxazole rings is 1. The number of carbonyl (C=O) groups is 1. The molecule has 10 nitrogen and oxygen atoms in total. The van der Waals surface area contributed by atoms with Gasteiger partial charge < -0.3 is 20.8 Å². The van der Waals surface area contributed by atoms with Gasteiger partial charge in [-0.3, -0.25) is 14.9 Å². The fraction of sp³-hybridized carbons (Fsp3) is 0.400. The van der Waals surface area contributed by atoms with Gasteiger partial charge in [-0.25, -0.2) is 9.97 Å². The Bertz CT molecular complexity index is 728. The molecule has 1 amide bonds. The van der Waals surface area contributed by atoms with E-state index >= 15 is 0 Å². The van der Waals surface area contributed by atoms with Crippen molar-refractivity contribution in [3.8, 4) is 0 Å². The minimum absolute atomic E-state index is 0.0831. The zero-order valence-electron chi connectivity index (χ0n) is 13.9. The van der Waals surface area contributed by atoms with E-state index in [-0.39, 0.29) is 29.2 Å². The summed E-state index contributed by atoms with van der Waals surface area (Å²) < 4.78 is 5.24. The highest BCUT2D eigenvalue weighted by atomic mass is 16.6. The maximum atomic E-state index is 12.0. The Morgan fingerprint density at radius 2 is 2.16 bits per heavy atom. The van der Waals surface area contributed by atoms with E-state index < -0.39 is 4.92 Å². The summed E-state index contributed by atoms with van der Waals surface area (Å²) in [6, 6.07) is 2.48. The number of nitrogens with one attached hydrogen (secondary N) is 2. The third-order valence-electron chi connectivity index (χ3n) is 3.43. The second kappa shape index (κ2) is 8.20. The van der Waals surface area contributed by atoms with Gasteiger partial charge in [0.15, 0.2) is 5.69 Å². The van der Waals surface area contributed by atoms with Crippen molar-refractivity contribution in [2.24, 2.45) is 11.7 Å². The van der Waals surface area contributed by atoms with Crippen LogP contribution in [0.15, 0.2) is 29.0 Å². The molecule has 0 fully saturated rings. The van der Waals surface area contributed by atoms with Crippen LogP contribution in [0.25, 0.3) is 0 Å². The molecular weight excluding hydrogens is 328 g/mol. The van der Waals surface area contributed by atoms with E-state index in [9.17, 15) is 14.9 Å². The summed E-state index contributed by atoms with van der Waals surface area (Å²) >= 11 is 0. The van der Waals surface area contributed by atoms with E-state index in [0.717, 1.165) is 6.20 Å². The summed E-state index contributed by atoms with van der Waals surface area (Å²) in [7, 11) is 0. The average molecular weight is 348 g/mol. The minimum atomic E-state index is -0.519. The average Bonchev–Trinajstić information content (AvgIpc) is 3.08. The smallest absolute Gasteiger partial charge is 0.287 e. The van der Waals surface area contributed by atoms with Gasteiger partial charge in [-0.2, -0.15) is 0 Å². The van der Waals surface area contributed by atoms with E-state index in [0.29, 0.717) is 24.8 Å². The lowest BCUT2D eigenvalue weighted by Crippen LogP contribution is -2.29. The maximum absolute atomic E-state index is 12.0. The number of hydrogen-bond donors (Lipinski definition) is 3. The predicted molar refractivity (Wildman–Crippen MR) is 90.0 cm³/mol. The van der Waals surface area contributed by atoms with E-state index in [1.165, 1.54) is 18.4 Å². The molecule has 10 heteroatoms. The second-order valence-electron chi connectivity index (χ2n) is 5.68. The SMILES string of the molecule is CC(C)C(N)c1nc(C(=O)NCCNc2ccc([N+](=O)[O-])cn2)co1. The van der Waals surface area contributed by atoms with Crippen LogP contribution in [0.2, 0.25) is 0 Å². The quantitative estimate of drug-likeness (QED) is 0.369. The van der Waals surface area contributed by atoms with Crippen molar-refractivity contribution in [3.05, 3.63) is 46.3 Å². The van der Waals surface area contributed by atoms with Gasteiger partial charge in [0.05, 0.1) is 11.0 Å². The van der Waals surface area contributed by atoms with Crippen LogP contribution in [0.5, 0.6) is 0 Å². The van der Waals surface area contributed by atoms with Gasteiger partial charge in [-0.15, -0.1) is 0 Å². The van der Waals surface area contributed by atoms with Crippen molar-refractivity contribution in [1.82, 2.24) is 15.3 Å². The standard InChI is InChI=1S/C15H20N6O4/c1-9(2)13(16)15-20-11(8-25-15)14(22)18-6-5-17-12-4-3-10(7-19-12)21(23)24/h3-4,7-9,13H,5-6,16H2,1-2H3,(H,17,19)(H,18,22).